The number of aromatic nitrogens is 1. The van der Waals surface area contributed by atoms with Gasteiger partial charge in [0.05, 0.1) is 37.4 Å². The minimum Gasteiger partial charge on any atom is -0.507 e. The largest absolute Gasteiger partial charge is 0.507 e. The minimum atomic E-state index is -0.919. The van der Waals surface area contributed by atoms with Crippen LogP contribution in [-0.4, -0.2) is 52.7 Å². The number of fused-ring (bicyclic) bond motifs is 3. The van der Waals surface area contributed by atoms with E-state index in [9.17, 15) is 19.5 Å². The van der Waals surface area contributed by atoms with Gasteiger partial charge >= 0.3 is 6.09 Å². The van der Waals surface area contributed by atoms with Crippen molar-refractivity contribution in [2.75, 3.05) is 13.7 Å². The van der Waals surface area contributed by atoms with Crippen LogP contribution in [0.5, 0.6) is 5.75 Å². The van der Waals surface area contributed by atoms with E-state index in [-0.39, 0.29) is 17.8 Å². The molecule has 4 atom stereocenters. The summed E-state index contributed by atoms with van der Waals surface area (Å²) >= 11 is 0. The average Bonchev–Trinajstić information content (AvgIpc) is 3.46. The third-order valence-electron chi connectivity index (χ3n) is 7.85. The van der Waals surface area contributed by atoms with Crippen molar-refractivity contribution >= 4 is 29.6 Å². The molecule has 0 saturated carbocycles. The molecule has 8 nitrogen and oxygen atoms in total. The van der Waals surface area contributed by atoms with E-state index in [2.05, 4.69) is 11.9 Å². The lowest BCUT2D eigenvalue weighted by Gasteiger charge is -2.31. The Labute approximate surface area is 222 Å². The highest BCUT2D eigenvalue weighted by molar-refractivity contribution is 6.16. The van der Waals surface area contributed by atoms with Crippen LogP contribution in [0.3, 0.4) is 0 Å². The molecule has 198 valence electrons. The first-order valence-electron chi connectivity index (χ1n) is 13.1. The first-order chi connectivity index (χ1) is 18.4. The molecule has 8 heteroatoms. The van der Waals surface area contributed by atoms with Gasteiger partial charge in [0.1, 0.15) is 5.75 Å². The number of ether oxygens (including phenoxy) is 2. The molecule has 2 aliphatic heterocycles. The minimum absolute atomic E-state index is 0.198. The van der Waals surface area contributed by atoms with Crippen LogP contribution in [0.2, 0.25) is 0 Å². The predicted octanol–water partition coefficient (Wildman–Crippen LogP) is 4.99. The van der Waals surface area contributed by atoms with Crippen molar-refractivity contribution in [2.24, 2.45) is 17.8 Å². The molecular weight excluding hydrogens is 484 g/mol. The molecule has 3 amide bonds. The van der Waals surface area contributed by atoms with Crippen molar-refractivity contribution in [1.82, 2.24) is 9.88 Å². The second kappa shape index (κ2) is 10.9. The van der Waals surface area contributed by atoms with E-state index < -0.39 is 29.7 Å². The number of likely N-dealkylation sites (tertiary alicyclic amines) is 1. The topological polar surface area (TPSA) is 106 Å². The van der Waals surface area contributed by atoms with Gasteiger partial charge in [0.25, 0.3) is 0 Å². The maximum atomic E-state index is 13.2. The molecule has 1 N–H and O–H groups in total. The smallest absolute Gasteiger partial charge is 0.423 e. The number of imide groups is 3. The summed E-state index contributed by atoms with van der Waals surface area (Å²) in [5, 5.41) is 10.4. The van der Waals surface area contributed by atoms with Gasteiger partial charge in [0, 0.05) is 17.7 Å². The van der Waals surface area contributed by atoms with Crippen LogP contribution in [0.1, 0.15) is 50.3 Å². The summed E-state index contributed by atoms with van der Waals surface area (Å²) in [7, 11) is 1.17. The van der Waals surface area contributed by atoms with E-state index in [1.807, 2.05) is 36.4 Å². The number of nitrogens with zero attached hydrogens (tertiary/aromatic N) is 2. The number of methoxy groups -OCH3 is 1. The van der Waals surface area contributed by atoms with Crippen molar-refractivity contribution in [2.45, 2.75) is 45.1 Å². The summed E-state index contributed by atoms with van der Waals surface area (Å²) in [6.45, 7) is 2.43. The molecule has 2 fully saturated rings. The lowest BCUT2D eigenvalue weighted by molar-refractivity contribution is -0.137. The number of para-hydroxylation sites is 1. The molecular formula is C30H32N2O6. The van der Waals surface area contributed by atoms with Gasteiger partial charge < -0.3 is 14.6 Å². The lowest BCUT2D eigenvalue weighted by atomic mass is 9.68. The number of carbonyl (C=O) groups is 3. The molecule has 3 aliphatic rings. The van der Waals surface area contributed by atoms with Crippen LogP contribution >= 0.6 is 0 Å². The van der Waals surface area contributed by atoms with Crippen molar-refractivity contribution < 1.29 is 29.0 Å². The second-order valence-corrected chi connectivity index (χ2v) is 10.0. The summed E-state index contributed by atoms with van der Waals surface area (Å²) < 4.78 is 11.0. The molecule has 2 aromatic rings. The first kappa shape index (κ1) is 25.9. The number of aromatic hydroxyl groups is 1. The highest BCUT2D eigenvalue weighted by Crippen LogP contribution is 2.51. The summed E-state index contributed by atoms with van der Waals surface area (Å²) in [6, 6.07) is 12.9. The fraction of sp³-hybridized carbons (Fsp3) is 0.400. The number of pyridine rings is 1. The summed E-state index contributed by atoms with van der Waals surface area (Å²) in [4.78, 5) is 43.7. The first-order valence-corrected chi connectivity index (χ1v) is 13.1. The Morgan fingerprint density at radius 3 is 2.66 bits per heavy atom. The number of benzene rings is 1. The van der Waals surface area contributed by atoms with Gasteiger partial charge in [-0.3, -0.25) is 14.6 Å². The van der Waals surface area contributed by atoms with Crippen LogP contribution in [0.15, 0.2) is 59.8 Å². The molecule has 1 aromatic carbocycles. The van der Waals surface area contributed by atoms with E-state index in [4.69, 9.17) is 9.47 Å². The Bertz CT molecular complexity index is 1300. The van der Waals surface area contributed by atoms with Crippen LogP contribution in [0.4, 0.5) is 4.79 Å². The summed E-state index contributed by atoms with van der Waals surface area (Å²) in [6.07, 6.45) is 6.07. The highest BCUT2D eigenvalue weighted by Gasteiger charge is 2.58. The number of phenols is 1. The maximum Gasteiger partial charge on any atom is 0.423 e. The van der Waals surface area contributed by atoms with Crippen molar-refractivity contribution in [1.29, 1.82) is 0 Å². The van der Waals surface area contributed by atoms with Crippen LogP contribution in [-0.2, 0) is 19.1 Å². The average molecular weight is 517 g/mol. The highest BCUT2D eigenvalue weighted by atomic mass is 16.5. The predicted molar refractivity (Wildman–Crippen MR) is 140 cm³/mol. The number of rotatable bonds is 7. The summed E-state index contributed by atoms with van der Waals surface area (Å²) in [5.41, 5.74) is 4.78. The number of carbonyl (C=O) groups excluding carboxylic acids is 3. The second-order valence-electron chi connectivity index (χ2n) is 10.0. The van der Waals surface area contributed by atoms with Gasteiger partial charge in [-0.1, -0.05) is 43.2 Å². The SMILES string of the molecule is CCCC1=C2[C@@H](CC/C(=C/c3ccccc3O)c3ccccn3)OC[C@@H]2[C@@H]2C(=O)N(C(=O)OC)C(=O)[C@@H]2C1. The number of hydrogen-bond donors (Lipinski definition) is 1. The van der Waals surface area contributed by atoms with E-state index in [1.54, 1.807) is 18.3 Å². The molecule has 0 spiro atoms. The molecule has 3 heterocycles. The molecule has 5 rings (SSSR count). The Hall–Kier alpha value is -3.78. The third kappa shape index (κ3) is 4.65. The fourth-order valence-corrected chi connectivity index (χ4v) is 6.19. The molecule has 0 unspecified atom stereocenters. The third-order valence-corrected chi connectivity index (χ3v) is 7.85. The van der Waals surface area contributed by atoms with Crippen molar-refractivity contribution in [3.8, 4) is 5.75 Å². The molecule has 38 heavy (non-hydrogen) atoms. The van der Waals surface area contributed by atoms with Crippen LogP contribution in [0, 0.1) is 17.8 Å². The van der Waals surface area contributed by atoms with Gasteiger partial charge in [-0.2, -0.15) is 4.90 Å². The Morgan fingerprint density at radius 1 is 1.16 bits per heavy atom. The molecule has 0 radical (unpaired) electrons. The monoisotopic (exact) mass is 516 g/mol. The van der Waals surface area contributed by atoms with Crippen molar-refractivity contribution in [3.05, 3.63) is 71.1 Å². The molecule has 1 aliphatic carbocycles. The van der Waals surface area contributed by atoms with Crippen LogP contribution in [0.25, 0.3) is 11.6 Å². The standard InChI is InChI=1S/C30H32N2O6/c1-3-8-20-16-21-27(29(35)32(28(21)34)30(36)37-2)22-17-38-25(26(20)22)13-12-18(23-10-6-7-14-31-23)15-19-9-4-5-11-24(19)33/h4-7,9-11,14-15,21-22,25,27,33H,3,8,12-13,16-17H2,1-2H3/b18-15-/t21-,22+,25-,27-/m1/s1. The molecule has 1 aromatic heterocycles. The van der Waals surface area contributed by atoms with Gasteiger partial charge in [-0.25, -0.2) is 4.79 Å². The van der Waals surface area contributed by atoms with Gasteiger partial charge in [0.15, 0.2) is 0 Å². The molecule has 0 bridgehead atoms. The lowest BCUT2D eigenvalue weighted by Crippen LogP contribution is -2.38. The van der Waals surface area contributed by atoms with E-state index in [1.165, 1.54) is 7.11 Å². The van der Waals surface area contributed by atoms with E-state index >= 15 is 0 Å². The van der Waals surface area contributed by atoms with E-state index in [0.29, 0.717) is 36.3 Å². The quantitative estimate of drug-likeness (QED) is 0.408. The normalized spacial score (nSPS) is 25.0. The summed E-state index contributed by atoms with van der Waals surface area (Å²) in [5.74, 6) is -2.14. The zero-order valence-electron chi connectivity index (χ0n) is 21.6. The number of phenolic OH excluding ortho intramolecular Hbond substituents is 1. The van der Waals surface area contributed by atoms with E-state index in [0.717, 1.165) is 35.3 Å². The fourth-order valence-electron chi connectivity index (χ4n) is 6.19. The zero-order valence-corrected chi connectivity index (χ0v) is 21.6. The Morgan fingerprint density at radius 2 is 1.95 bits per heavy atom. The number of hydrogen-bond acceptors (Lipinski definition) is 7. The molecule has 2 saturated heterocycles. The van der Waals surface area contributed by atoms with Gasteiger partial charge in [0.2, 0.25) is 11.8 Å². The zero-order chi connectivity index (χ0) is 26.8. The van der Waals surface area contributed by atoms with Crippen LogP contribution < -0.4 is 0 Å². The Kier molecular flexibility index (Phi) is 7.42. The van der Waals surface area contributed by atoms with Crippen molar-refractivity contribution in [3.63, 3.8) is 0 Å². The maximum absolute atomic E-state index is 13.2. The Balaban J connectivity index is 1.43. The van der Waals surface area contributed by atoms with Gasteiger partial charge in [-0.05, 0) is 61.1 Å². The van der Waals surface area contributed by atoms with Gasteiger partial charge in [-0.15, -0.1) is 0 Å². The number of allylic oxidation sites excluding steroid dienone is 2. The number of amides is 3.